The second-order valence-electron chi connectivity index (χ2n) is 7.00. The smallest absolute Gasteiger partial charge is 0.223 e. The zero-order valence-electron chi connectivity index (χ0n) is 16.4. The SMILES string of the molecule is COc1ccccc1CN(Cc1cccs1)C(=O)CCc1c[nH]c2ccccc12. The van der Waals surface area contributed by atoms with Crippen LogP contribution < -0.4 is 4.74 Å². The zero-order valence-corrected chi connectivity index (χ0v) is 17.2. The molecular weight excluding hydrogens is 380 g/mol. The summed E-state index contributed by atoms with van der Waals surface area (Å²) in [5.74, 6) is 0.961. The Labute approximate surface area is 174 Å². The average Bonchev–Trinajstić information content (AvgIpc) is 3.41. The van der Waals surface area contributed by atoms with E-state index in [0.29, 0.717) is 19.5 Å². The van der Waals surface area contributed by atoms with Crippen LogP contribution in [0.2, 0.25) is 0 Å². The number of hydrogen-bond donors (Lipinski definition) is 1. The van der Waals surface area contributed by atoms with Gasteiger partial charge in [0.2, 0.25) is 5.91 Å². The highest BCUT2D eigenvalue weighted by atomic mass is 32.1. The van der Waals surface area contributed by atoms with E-state index in [1.54, 1.807) is 18.4 Å². The third kappa shape index (κ3) is 4.51. The van der Waals surface area contributed by atoms with E-state index in [9.17, 15) is 4.79 Å². The summed E-state index contributed by atoms with van der Waals surface area (Å²) in [6.07, 6.45) is 3.21. The summed E-state index contributed by atoms with van der Waals surface area (Å²) in [7, 11) is 1.67. The summed E-state index contributed by atoms with van der Waals surface area (Å²) in [4.78, 5) is 19.6. The Bertz CT molecular complexity index is 1090. The minimum atomic E-state index is 0.148. The van der Waals surface area contributed by atoms with Crippen LogP contribution in [0.1, 0.15) is 22.4 Å². The number of aromatic amines is 1. The van der Waals surface area contributed by atoms with E-state index in [1.807, 2.05) is 58.9 Å². The third-order valence-electron chi connectivity index (χ3n) is 5.12. The molecule has 2 aromatic heterocycles. The van der Waals surface area contributed by atoms with Gasteiger partial charge in [-0.2, -0.15) is 0 Å². The van der Waals surface area contributed by atoms with Crippen molar-refractivity contribution >= 4 is 28.1 Å². The van der Waals surface area contributed by atoms with Crippen LogP contribution in [0.4, 0.5) is 0 Å². The van der Waals surface area contributed by atoms with Crippen LogP contribution in [0.25, 0.3) is 10.9 Å². The van der Waals surface area contributed by atoms with Gasteiger partial charge in [-0.1, -0.05) is 42.5 Å². The highest BCUT2D eigenvalue weighted by Gasteiger charge is 2.17. The molecule has 0 saturated carbocycles. The fourth-order valence-electron chi connectivity index (χ4n) is 3.60. The Morgan fingerprint density at radius 1 is 1.00 bits per heavy atom. The second-order valence-corrected chi connectivity index (χ2v) is 8.03. The van der Waals surface area contributed by atoms with Gasteiger partial charge >= 0.3 is 0 Å². The van der Waals surface area contributed by atoms with Gasteiger partial charge in [-0.25, -0.2) is 0 Å². The fraction of sp³-hybridized carbons (Fsp3) is 0.208. The first-order valence-corrected chi connectivity index (χ1v) is 10.6. The van der Waals surface area contributed by atoms with Crippen molar-refractivity contribution in [2.75, 3.05) is 7.11 Å². The van der Waals surface area contributed by atoms with Crippen molar-refractivity contribution in [2.24, 2.45) is 0 Å². The molecule has 2 heterocycles. The Morgan fingerprint density at radius 3 is 2.66 bits per heavy atom. The molecule has 0 aliphatic rings. The maximum atomic E-state index is 13.2. The van der Waals surface area contributed by atoms with Gasteiger partial charge in [0.15, 0.2) is 0 Å². The van der Waals surface area contributed by atoms with Crippen LogP contribution in [0.3, 0.4) is 0 Å². The minimum absolute atomic E-state index is 0.148. The van der Waals surface area contributed by atoms with Crippen molar-refractivity contribution in [2.45, 2.75) is 25.9 Å². The van der Waals surface area contributed by atoms with E-state index < -0.39 is 0 Å². The van der Waals surface area contributed by atoms with Crippen LogP contribution >= 0.6 is 11.3 Å². The maximum Gasteiger partial charge on any atom is 0.223 e. The molecule has 2 aromatic carbocycles. The van der Waals surface area contributed by atoms with E-state index in [1.165, 1.54) is 15.8 Å². The number of amides is 1. The molecule has 0 saturated heterocycles. The number of carbonyl (C=O) groups is 1. The summed E-state index contributed by atoms with van der Waals surface area (Å²) < 4.78 is 5.49. The van der Waals surface area contributed by atoms with Crippen LogP contribution in [-0.4, -0.2) is 22.9 Å². The monoisotopic (exact) mass is 404 g/mol. The van der Waals surface area contributed by atoms with E-state index in [2.05, 4.69) is 23.2 Å². The molecule has 1 amide bonds. The maximum absolute atomic E-state index is 13.2. The number of methoxy groups -OCH3 is 1. The first-order chi connectivity index (χ1) is 14.2. The molecule has 29 heavy (non-hydrogen) atoms. The molecule has 0 radical (unpaired) electrons. The quantitative estimate of drug-likeness (QED) is 0.427. The van der Waals surface area contributed by atoms with Gasteiger partial charge in [0.1, 0.15) is 5.75 Å². The molecule has 0 spiro atoms. The lowest BCUT2D eigenvalue weighted by atomic mass is 10.1. The number of nitrogens with one attached hydrogen (secondary N) is 1. The van der Waals surface area contributed by atoms with Gasteiger partial charge in [0.05, 0.1) is 13.7 Å². The summed E-state index contributed by atoms with van der Waals surface area (Å²) >= 11 is 1.68. The second kappa shape index (κ2) is 8.97. The predicted molar refractivity (Wildman–Crippen MR) is 118 cm³/mol. The number of carbonyl (C=O) groups excluding carboxylic acids is 1. The molecule has 0 atom stereocenters. The molecular formula is C24H24N2O2S. The van der Waals surface area contributed by atoms with E-state index in [4.69, 9.17) is 4.74 Å². The lowest BCUT2D eigenvalue weighted by molar-refractivity contribution is -0.132. The van der Waals surface area contributed by atoms with Crippen molar-refractivity contribution < 1.29 is 9.53 Å². The Balaban J connectivity index is 1.51. The summed E-state index contributed by atoms with van der Waals surface area (Å²) in [5.41, 5.74) is 3.31. The van der Waals surface area contributed by atoms with Crippen LogP contribution in [0.5, 0.6) is 5.75 Å². The average molecular weight is 405 g/mol. The lowest BCUT2D eigenvalue weighted by Gasteiger charge is -2.23. The van der Waals surface area contributed by atoms with Crippen LogP contribution in [0, 0.1) is 0 Å². The number of hydrogen-bond acceptors (Lipinski definition) is 3. The largest absolute Gasteiger partial charge is 0.496 e. The molecule has 0 fully saturated rings. The topological polar surface area (TPSA) is 45.3 Å². The van der Waals surface area contributed by atoms with E-state index >= 15 is 0 Å². The number of aromatic nitrogens is 1. The number of rotatable bonds is 8. The molecule has 4 aromatic rings. The van der Waals surface area contributed by atoms with Gasteiger partial charge in [-0.3, -0.25) is 4.79 Å². The minimum Gasteiger partial charge on any atom is -0.496 e. The van der Waals surface area contributed by atoms with Crippen LogP contribution in [0.15, 0.2) is 72.2 Å². The van der Waals surface area contributed by atoms with Crippen molar-refractivity contribution in [3.05, 3.63) is 88.2 Å². The lowest BCUT2D eigenvalue weighted by Crippen LogP contribution is -2.30. The number of benzene rings is 2. The molecule has 4 nitrogen and oxygen atoms in total. The molecule has 4 rings (SSSR count). The van der Waals surface area contributed by atoms with Gasteiger partial charge in [0, 0.05) is 40.5 Å². The Morgan fingerprint density at radius 2 is 1.83 bits per heavy atom. The first-order valence-electron chi connectivity index (χ1n) is 9.71. The number of aryl methyl sites for hydroxylation is 1. The summed E-state index contributed by atoms with van der Waals surface area (Å²) in [6.45, 7) is 1.15. The molecule has 0 bridgehead atoms. The van der Waals surface area contributed by atoms with Gasteiger partial charge < -0.3 is 14.6 Å². The molecule has 0 aliphatic heterocycles. The summed E-state index contributed by atoms with van der Waals surface area (Å²) in [5, 5.41) is 3.24. The zero-order chi connectivity index (χ0) is 20.1. The number of para-hydroxylation sites is 2. The molecule has 0 aliphatic carbocycles. The number of H-pyrrole nitrogens is 1. The number of fused-ring (bicyclic) bond motifs is 1. The Kier molecular flexibility index (Phi) is 5.96. The molecule has 1 N–H and O–H groups in total. The van der Waals surface area contributed by atoms with E-state index in [-0.39, 0.29) is 5.91 Å². The highest BCUT2D eigenvalue weighted by Crippen LogP contribution is 2.23. The Hall–Kier alpha value is -3.05. The van der Waals surface area contributed by atoms with Crippen molar-refractivity contribution in [1.29, 1.82) is 0 Å². The molecule has 0 unspecified atom stereocenters. The first kappa shape index (κ1) is 19.3. The van der Waals surface area contributed by atoms with Crippen molar-refractivity contribution in [1.82, 2.24) is 9.88 Å². The number of nitrogens with zero attached hydrogens (tertiary/aromatic N) is 1. The molecule has 5 heteroatoms. The standard InChI is InChI=1S/C24H24N2O2S/c1-28-23-11-5-2-7-19(23)16-26(17-20-8-6-14-29-20)24(27)13-12-18-15-25-22-10-4-3-9-21(18)22/h2-11,14-15,25H,12-13,16-17H2,1H3. The van der Waals surface area contributed by atoms with Gasteiger partial charge in [0.25, 0.3) is 0 Å². The normalized spacial score (nSPS) is 10.9. The number of thiophene rings is 1. The fourth-order valence-corrected chi connectivity index (χ4v) is 4.32. The van der Waals surface area contributed by atoms with Crippen LogP contribution in [-0.2, 0) is 24.3 Å². The van der Waals surface area contributed by atoms with E-state index in [0.717, 1.165) is 23.3 Å². The third-order valence-corrected chi connectivity index (χ3v) is 5.98. The highest BCUT2D eigenvalue weighted by molar-refractivity contribution is 7.09. The van der Waals surface area contributed by atoms with Gasteiger partial charge in [-0.15, -0.1) is 11.3 Å². The van der Waals surface area contributed by atoms with Crippen molar-refractivity contribution in [3.8, 4) is 5.75 Å². The number of ether oxygens (including phenoxy) is 1. The molecule has 148 valence electrons. The predicted octanol–water partition coefficient (Wildman–Crippen LogP) is 5.40. The van der Waals surface area contributed by atoms with Crippen molar-refractivity contribution in [3.63, 3.8) is 0 Å². The summed E-state index contributed by atoms with van der Waals surface area (Å²) in [6, 6.07) is 20.2. The van der Waals surface area contributed by atoms with Gasteiger partial charge in [-0.05, 0) is 35.6 Å².